The van der Waals surface area contributed by atoms with Gasteiger partial charge in [0, 0.05) is 61.2 Å². The van der Waals surface area contributed by atoms with Crippen molar-refractivity contribution >= 4 is 39.8 Å². The number of nitrogens with zero attached hydrogens (tertiary/aromatic N) is 4. The predicted octanol–water partition coefficient (Wildman–Crippen LogP) is 4.56. The molecule has 0 saturated carbocycles. The van der Waals surface area contributed by atoms with Crippen molar-refractivity contribution in [3.63, 3.8) is 0 Å². The summed E-state index contributed by atoms with van der Waals surface area (Å²) in [6.45, 7) is 6.79. The summed E-state index contributed by atoms with van der Waals surface area (Å²) in [5, 5.41) is 15.3. The molecule has 0 bridgehead atoms. The Hall–Kier alpha value is -4.41. The van der Waals surface area contributed by atoms with Crippen LogP contribution in [0, 0.1) is 11.6 Å². The number of benzene rings is 3. The smallest absolute Gasteiger partial charge is 0.247 e. The van der Waals surface area contributed by atoms with Crippen LogP contribution in [0.4, 0.5) is 31.8 Å². The summed E-state index contributed by atoms with van der Waals surface area (Å²) >= 11 is 0. The first-order valence-corrected chi connectivity index (χ1v) is 12.6. The van der Waals surface area contributed by atoms with E-state index in [9.17, 15) is 4.79 Å². The standard InChI is InChI=1S/C29H28F2N6O2/c1-2-26(39)33-21-7-3-5-19(15-21)23-8-4-6-20-18-32-29(34-27(20)23)35-28-24(30)16-22(17-25(28)31)37-11-9-36(10-12-37)13-14-38/h2-8,15-18,38H,1,9-14H2,(H,33,39)(H,32,34,35). The van der Waals surface area contributed by atoms with Crippen molar-refractivity contribution in [2.24, 2.45) is 0 Å². The van der Waals surface area contributed by atoms with E-state index in [2.05, 4.69) is 32.1 Å². The molecule has 3 aromatic carbocycles. The number of hydrogen-bond acceptors (Lipinski definition) is 7. The molecule has 1 saturated heterocycles. The molecule has 8 nitrogen and oxygen atoms in total. The molecule has 4 aromatic rings. The zero-order valence-electron chi connectivity index (χ0n) is 21.2. The number of carbonyl (C=O) groups excluding carboxylic acids is 1. The van der Waals surface area contributed by atoms with Crippen LogP contribution in [0.5, 0.6) is 0 Å². The first kappa shape index (κ1) is 26.2. The average molecular weight is 531 g/mol. The number of fused-ring (bicyclic) bond motifs is 1. The number of aliphatic hydroxyl groups is 1. The summed E-state index contributed by atoms with van der Waals surface area (Å²) < 4.78 is 30.2. The maximum atomic E-state index is 15.1. The lowest BCUT2D eigenvalue weighted by Gasteiger charge is -2.35. The summed E-state index contributed by atoms with van der Waals surface area (Å²) in [5.41, 5.74) is 2.88. The van der Waals surface area contributed by atoms with Crippen LogP contribution in [0.1, 0.15) is 0 Å². The lowest BCUT2D eigenvalue weighted by molar-refractivity contribution is -0.111. The van der Waals surface area contributed by atoms with Crippen LogP contribution in [0.25, 0.3) is 22.0 Å². The zero-order valence-corrected chi connectivity index (χ0v) is 21.2. The van der Waals surface area contributed by atoms with Gasteiger partial charge in [-0.2, -0.15) is 0 Å². The minimum Gasteiger partial charge on any atom is -0.395 e. The van der Waals surface area contributed by atoms with E-state index in [4.69, 9.17) is 5.11 Å². The molecule has 0 atom stereocenters. The molecule has 1 fully saturated rings. The molecule has 5 rings (SSSR count). The van der Waals surface area contributed by atoms with Gasteiger partial charge in [-0.15, -0.1) is 0 Å². The average Bonchev–Trinajstić information content (AvgIpc) is 2.95. The molecule has 3 N–H and O–H groups in total. The number of nitrogens with one attached hydrogen (secondary N) is 2. The third kappa shape index (κ3) is 5.87. The fraction of sp³-hybridized carbons (Fsp3) is 0.207. The van der Waals surface area contributed by atoms with E-state index in [1.54, 1.807) is 12.3 Å². The van der Waals surface area contributed by atoms with Gasteiger partial charge in [0.2, 0.25) is 11.9 Å². The van der Waals surface area contributed by atoms with E-state index in [1.807, 2.05) is 41.3 Å². The highest BCUT2D eigenvalue weighted by Crippen LogP contribution is 2.32. The minimum absolute atomic E-state index is 0.0502. The molecule has 1 aromatic heterocycles. The Labute approximate surface area is 224 Å². The number of halogens is 2. The predicted molar refractivity (Wildman–Crippen MR) is 149 cm³/mol. The van der Waals surface area contributed by atoms with E-state index < -0.39 is 11.6 Å². The van der Waals surface area contributed by atoms with Gasteiger partial charge < -0.3 is 20.6 Å². The minimum atomic E-state index is -0.745. The van der Waals surface area contributed by atoms with Crippen LogP contribution in [-0.4, -0.2) is 65.2 Å². The Morgan fingerprint density at radius 2 is 1.79 bits per heavy atom. The summed E-state index contributed by atoms with van der Waals surface area (Å²) in [5.74, 6) is -1.76. The first-order chi connectivity index (χ1) is 18.9. The molecule has 1 aliphatic heterocycles. The number of para-hydroxylation sites is 1. The third-order valence-corrected chi connectivity index (χ3v) is 6.65. The maximum Gasteiger partial charge on any atom is 0.247 e. The van der Waals surface area contributed by atoms with Crippen molar-refractivity contribution < 1.29 is 18.7 Å². The van der Waals surface area contributed by atoms with Crippen LogP contribution < -0.4 is 15.5 Å². The van der Waals surface area contributed by atoms with Crippen LogP contribution >= 0.6 is 0 Å². The Kier molecular flexibility index (Phi) is 7.76. The number of anilines is 4. The second-order valence-corrected chi connectivity index (χ2v) is 9.17. The fourth-order valence-corrected chi connectivity index (χ4v) is 4.65. The Morgan fingerprint density at radius 1 is 1.05 bits per heavy atom. The van der Waals surface area contributed by atoms with Crippen LogP contribution in [-0.2, 0) is 4.79 Å². The molecule has 0 spiro atoms. The van der Waals surface area contributed by atoms with Gasteiger partial charge in [-0.3, -0.25) is 9.69 Å². The van der Waals surface area contributed by atoms with Crippen LogP contribution in [0.3, 0.4) is 0 Å². The largest absolute Gasteiger partial charge is 0.395 e. The van der Waals surface area contributed by atoms with Crippen molar-refractivity contribution in [2.45, 2.75) is 0 Å². The van der Waals surface area contributed by atoms with E-state index in [0.717, 1.165) is 16.5 Å². The van der Waals surface area contributed by atoms with Gasteiger partial charge >= 0.3 is 0 Å². The first-order valence-electron chi connectivity index (χ1n) is 12.6. The molecule has 0 radical (unpaired) electrons. The summed E-state index contributed by atoms with van der Waals surface area (Å²) in [4.78, 5) is 24.6. The maximum absolute atomic E-state index is 15.1. The number of hydrogen-bond donors (Lipinski definition) is 3. The topological polar surface area (TPSA) is 93.6 Å². The van der Waals surface area contributed by atoms with Crippen LogP contribution in [0.15, 0.2) is 73.4 Å². The molecule has 0 aliphatic carbocycles. The molecule has 1 amide bonds. The highest BCUT2D eigenvalue weighted by molar-refractivity contribution is 6.00. The van der Waals surface area contributed by atoms with E-state index in [0.29, 0.717) is 49.6 Å². The molecule has 200 valence electrons. The molecule has 10 heteroatoms. The van der Waals surface area contributed by atoms with Gasteiger partial charge in [-0.05, 0) is 35.9 Å². The molecular formula is C29H28F2N6O2. The second kappa shape index (κ2) is 11.5. The summed E-state index contributed by atoms with van der Waals surface area (Å²) in [6, 6.07) is 15.5. The summed E-state index contributed by atoms with van der Waals surface area (Å²) in [6.07, 6.45) is 2.79. The molecule has 1 aliphatic rings. The SMILES string of the molecule is C=CC(=O)Nc1cccc(-c2cccc3cnc(Nc4c(F)cc(N5CCN(CCO)CC5)cc4F)nc23)c1. The van der Waals surface area contributed by atoms with Gasteiger partial charge in [0.15, 0.2) is 11.6 Å². The van der Waals surface area contributed by atoms with E-state index >= 15 is 8.78 Å². The lowest BCUT2D eigenvalue weighted by Crippen LogP contribution is -2.47. The number of piperazine rings is 1. The Morgan fingerprint density at radius 3 is 2.51 bits per heavy atom. The van der Waals surface area contributed by atoms with Crippen molar-refractivity contribution in [1.82, 2.24) is 14.9 Å². The monoisotopic (exact) mass is 530 g/mol. The van der Waals surface area contributed by atoms with Crippen molar-refractivity contribution in [3.8, 4) is 11.1 Å². The number of rotatable bonds is 8. The molecule has 39 heavy (non-hydrogen) atoms. The quantitative estimate of drug-likeness (QED) is 0.288. The van der Waals surface area contributed by atoms with E-state index in [1.165, 1.54) is 18.2 Å². The molecule has 0 unspecified atom stereocenters. The fourth-order valence-electron chi connectivity index (χ4n) is 4.65. The van der Waals surface area contributed by atoms with Gasteiger partial charge in [0.1, 0.15) is 5.69 Å². The normalized spacial score (nSPS) is 13.9. The number of carbonyl (C=O) groups is 1. The van der Waals surface area contributed by atoms with E-state index in [-0.39, 0.29) is 24.1 Å². The van der Waals surface area contributed by atoms with Crippen molar-refractivity contribution in [1.29, 1.82) is 0 Å². The van der Waals surface area contributed by atoms with Gasteiger partial charge in [0.05, 0.1) is 12.1 Å². The molecule has 2 heterocycles. The summed E-state index contributed by atoms with van der Waals surface area (Å²) in [7, 11) is 0. The highest BCUT2D eigenvalue weighted by Gasteiger charge is 2.20. The van der Waals surface area contributed by atoms with Gasteiger partial charge in [-0.25, -0.2) is 18.7 Å². The van der Waals surface area contributed by atoms with Crippen LogP contribution in [0.2, 0.25) is 0 Å². The number of β-amino-alcohol motifs (C(OH)–C–C–N with tert-alkyl or cyclic N) is 1. The lowest BCUT2D eigenvalue weighted by atomic mass is 10.0. The van der Waals surface area contributed by atoms with Gasteiger partial charge in [0.25, 0.3) is 0 Å². The zero-order chi connectivity index (χ0) is 27.4. The second-order valence-electron chi connectivity index (χ2n) is 9.17. The Bertz CT molecular complexity index is 1500. The Balaban J connectivity index is 1.41. The molecular weight excluding hydrogens is 502 g/mol. The third-order valence-electron chi connectivity index (χ3n) is 6.65. The van der Waals surface area contributed by atoms with Crippen molar-refractivity contribution in [2.75, 3.05) is 54.9 Å². The number of aromatic nitrogens is 2. The van der Waals surface area contributed by atoms with Crippen molar-refractivity contribution in [3.05, 3.63) is 85.1 Å². The number of amides is 1. The highest BCUT2D eigenvalue weighted by atomic mass is 19.1. The number of aliphatic hydroxyl groups excluding tert-OH is 1. The van der Waals surface area contributed by atoms with Gasteiger partial charge in [-0.1, -0.05) is 36.9 Å².